The Morgan fingerprint density at radius 3 is 2.68 bits per heavy atom. The molecule has 2 N–H and O–H groups in total. The van der Waals surface area contributed by atoms with Crippen LogP contribution in [0.15, 0.2) is 42.7 Å². The topological polar surface area (TPSA) is 66.9 Å². The predicted octanol–water partition coefficient (Wildman–Crippen LogP) is 1.92. The van der Waals surface area contributed by atoms with E-state index in [4.69, 9.17) is 0 Å². The van der Waals surface area contributed by atoms with Crippen molar-refractivity contribution < 1.29 is 4.79 Å². The number of nitrogens with one attached hydrogen (secondary N) is 2. The number of hydrogen-bond donors (Lipinski definition) is 2. The van der Waals surface area contributed by atoms with Gasteiger partial charge in [-0.2, -0.15) is 0 Å². The standard InChI is InChI=1S/C13H13IN4O/c14-11-4-1-3-10(9-11)12(19)15-7-8-18-13-16-5-2-6-17-13/h1-6,9H,7-8H2,(H,15,19)(H,16,17,18). The quantitative estimate of drug-likeness (QED) is 0.625. The molecule has 1 aromatic carbocycles. The number of amides is 1. The molecule has 19 heavy (non-hydrogen) atoms. The van der Waals surface area contributed by atoms with Crippen molar-refractivity contribution in [3.8, 4) is 0 Å². The zero-order chi connectivity index (χ0) is 13.5. The first kappa shape index (κ1) is 13.7. The van der Waals surface area contributed by atoms with Gasteiger partial charge >= 0.3 is 0 Å². The third-order valence-corrected chi connectivity index (χ3v) is 3.02. The molecular weight excluding hydrogens is 355 g/mol. The largest absolute Gasteiger partial charge is 0.352 e. The molecule has 0 radical (unpaired) electrons. The fraction of sp³-hybridized carbons (Fsp3) is 0.154. The van der Waals surface area contributed by atoms with Crippen LogP contribution in [0.1, 0.15) is 10.4 Å². The van der Waals surface area contributed by atoms with Crippen molar-refractivity contribution in [1.29, 1.82) is 0 Å². The molecule has 0 aliphatic rings. The van der Waals surface area contributed by atoms with Crippen LogP contribution in [0.4, 0.5) is 5.95 Å². The number of carbonyl (C=O) groups excluding carboxylic acids is 1. The van der Waals surface area contributed by atoms with Crippen LogP contribution in [0.25, 0.3) is 0 Å². The van der Waals surface area contributed by atoms with E-state index in [-0.39, 0.29) is 5.91 Å². The minimum Gasteiger partial charge on any atom is -0.352 e. The van der Waals surface area contributed by atoms with Gasteiger partial charge in [0.05, 0.1) is 0 Å². The Kier molecular flexibility index (Phi) is 5.08. The first-order valence-electron chi connectivity index (χ1n) is 5.80. The summed E-state index contributed by atoms with van der Waals surface area (Å²) in [5.74, 6) is 0.486. The predicted molar refractivity (Wildman–Crippen MR) is 82.0 cm³/mol. The number of anilines is 1. The average Bonchev–Trinajstić information content (AvgIpc) is 2.44. The minimum absolute atomic E-state index is 0.0747. The van der Waals surface area contributed by atoms with Gasteiger partial charge in [0.15, 0.2) is 0 Å². The van der Waals surface area contributed by atoms with Crippen molar-refractivity contribution in [3.63, 3.8) is 0 Å². The molecule has 0 aliphatic carbocycles. The van der Waals surface area contributed by atoms with Gasteiger partial charge in [0.2, 0.25) is 5.95 Å². The molecule has 0 saturated carbocycles. The lowest BCUT2D eigenvalue weighted by Crippen LogP contribution is -2.29. The molecule has 0 saturated heterocycles. The maximum atomic E-state index is 11.8. The van der Waals surface area contributed by atoms with Gasteiger partial charge in [0.25, 0.3) is 5.91 Å². The van der Waals surface area contributed by atoms with E-state index in [0.717, 1.165) is 3.57 Å². The number of carbonyl (C=O) groups is 1. The Labute approximate surface area is 125 Å². The molecule has 5 nitrogen and oxygen atoms in total. The molecule has 2 aromatic rings. The summed E-state index contributed by atoms with van der Waals surface area (Å²) in [7, 11) is 0. The second-order valence-electron chi connectivity index (χ2n) is 3.77. The van der Waals surface area contributed by atoms with Gasteiger partial charge in [-0.05, 0) is 46.9 Å². The number of nitrogens with zero attached hydrogens (tertiary/aromatic N) is 2. The van der Waals surface area contributed by atoms with Gasteiger partial charge in [-0.1, -0.05) is 6.07 Å². The van der Waals surface area contributed by atoms with Crippen LogP contribution in [0, 0.1) is 3.57 Å². The van der Waals surface area contributed by atoms with Crippen molar-refractivity contribution in [2.75, 3.05) is 18.4 Å². The molecule has 2 rings (SSSR count). The van der Waals surface area contributed by atoms with Crippen LogP contribution in [0.5, 0.6) is 0 Å². The number of hydrogen-bond acceptors (Lipinski definition) is 4. The Morgan fingerprint density at radius 2 is 1.95 bits per heavy atom. The van der Waals surface area contributed by atoms with Crippen LogP contribution in [0.2, 0.25) is 0 Å². The molecule has 6 heteroatoms. The number of rotatable bonds is 5. The molecule has 98 valence electrons. The van der Waals surface area contributed by atoms with E-state index in [1.807, 2.05) is 18.2 Å². The zero-order valence-corrected chi connectivity index (χ0v) is 12.3. The third-order valence-electron chi connectivity index (χ3n) is 2.35. The van der Waals surface area contributed by atoms with E-state index < -0.39 is 0 Å². The van der Waals surface area contributed by atoms with Gasteiger partial charge in [-0.15, -0.1) is 0 Å². The maximum Gasteiger partial charge on any atom is 0.251 e. The van der Waals surface area contributed by atoms with E-state index in [2.05, 4.69) is 43.2 Å². The SMILES string of the molecule is O=C(NCCNc1ncccn1)c1cccc(I)c1. The molecule has 1 aromatic heterocycles. The first-order valence-corrected chi connectivity index (χ1v) is 6.88. The van der Waals surface area contributed by atoms with Crippen LogP contribution in [-0.4, -0.2) is 29.0 Å². The zero-order valence-electron chi connectivity index (χ0n) is 10.1. The maximum absolute atomic E-state index is 11.8. The lowest BCUT2D eigenvalue weighted by atomic mass is 10.2. The summed E-state index contributed by atoms with van der Waals surface area (Å²) in [6.45, 7) is 1.10. The minimum atomic E-state index is -0.0747. The smallest absolute Gasteiger partial charge is 0.251 e. The lowest BCUT2D eigenvalue weighted by molar-refractivity contribution is 0.0955. The highest BCUT2D eigenvalue weighted by molar-refractivity contribution is 14.1. The monoisotopic (exact) mass is 368 g/mol. The Hall–Kier alpha value is -1.70. The summed E-state index contributed by atoms with van der Waals surface area (Å²) in [5, 5.41) is 5.86. The highest BCUT2D eigenvalue weighted by Crippen LogP contribution is 2.07. The molecule has 0 fully saturated rings. The van der Waals surface area contributed by atoms with E-state index in [1.165, 1.54) is 0 Å². The van der Waals surface area contributed by atoms with E-state index >= 15 is 0 Å². The fourth-order valence-electron chi connectivity index (χ4n) is 1.47. The Bertz CT molecular complexity index is 547. The summed E-state index contributed by atoms with van der Waals surface area (Å²) >= 11 is 2.18. The molecule has 0 bridgehead atoms. The summed E-state index contributed by atoms with van der Waals surface area (Å²) in [4.78, 5) is 19.9. The molecule has 1 heterocycles. The van der Waals surface area contributed by atoms with E-state index in [1.54, 1.807) is 24.5 Å². The second-order valence-corrected chi connectivity index (χ2v) is 5.01. The Morgan fingerprint density at radius 1 is 1.16 bits per heavy atom. The van der Waals surface area contributed by atoms with E-state index in [0.29, 0.717) is 24.6 Å². The van der Waals surface area contributed by atoms with Crippen LogP contribution >= 0.6 is 22.6 Å². The Balaban J connectivity index is 1.75. The summed E-state index contributed by atoms with van der Waals surface area (Å²) < 4.78 is 1.04. The third kappa shape index (κ3) is 4.47. The molecule has 0 spiro atoms. The van der Waals surface area contributed by atoms with Gasteiger partial charge in [-0.25, -0.2) is 9.97 Å². The number of aromatic nitrogens is 2. The fourth-order valence-corrected chi connectivity index (χ4v) is 2.02. The summed E-state index contributed by atoms with van der Waals surface area (Å²) in [6.07, 6.45) is 3.33. The summed E-state index contributed by atoms with van der Waals surface area (Å²) in [6, 6.07) is 9.22. The van der Waals surface area contributed by atoms with Gasteiger partial charge < -0.3 is 10.6 Å². The first-order chi connectivity index (χ1) is 9.25. The molecule has 1 amide bonds. The van der Waals surface area contributed by atoms with Crippen LogP contribution in [0.3, 0.4) is 0 Å². The van der Waals surface area contributed by atoms with E-state index in [9.17, 15) is 4.79 Å². The van der Waals surface area contributed by atoms with Crippen molar-refractivity contribution in [2.24, 2.45) is 0 Å². The van der Waals surface area contributed by atoms with Gasteiger partial charge in [0.1, 0.15) is 0 Å². The van der Waals surface area contributed by atoms with Crippen molar-refractivity contribution in [2.45, 2.75) is 0 Å². The van der Waals surface area contributed by atoms with Crippen LogP contribution < -0.4 is 10.6 Å². The highest BCUT2D eigenvalue weighted by atomic mass is 127. The summed E-state index contributed by atoms with van der Waals surface area (Å²) in [5.41, 5.74) is 0.669. The van der Waals surface area contributed by atoms with Crippen molar-refractivity contribution in [3.05, 3.63) is 51.9 Å². The molecular formula is C13H13IN4O. The normalized spacial score (nSPS) is 9.95. The molecule has 0 aliphatic heterocycles. The molecule has 0 atom stereocenters. The second kappa shape index (κ2) is 7.03. The van der Waals surface area contributed by atoms with Crippen molar-refractivity contribution in [1.82, 2.24) is 15.3 Å². The lowest BCUT2D eigenvalue weighted by Gasteiger charge is -2.06. The average molecular weight is 368 g/mol. The van der Waals surface area contributed by atoms with Gasteiger partial charge in [0, 0.05) is 34.6 Å². The van der Waals surface area contributed by atoms with Crippen LogP contribution in [-0.2, 0) is 0 Å². The number of benzene rings is 1. The van der Waals surface area contributed by atoms with Gasteiger partial charge in [-0.3, -0.25) is 4.79 Å². The van der Waals surface area contributed by atoms with Crippen molar-refractivity contribution >= 4 is 34.4 Å². The number of halogens is 1. The highest BCUT2D eigenvalue weighted by Gasteiger charge is 2.04. The molecule has 0 unspecified atom stereocenters.